The number of aliphatic hydroxyl groups is 1. The fraction of sp³-hybridized carbons (Fsp3) is 1.00. The van der Waals surface area contributed by atoms with Gasteiger partial charge in [0.2, 0.25) is 0 Å². The summed E-state index contributed by atoms with van der Waals surface area (Å²) in [5.74, 6) is -0.0515. The van der Waals surface area contributed by atoms with Gasteiger partial charge in [0, 0.05) is 12.5 Å². The van der Waals surface area contributed by atoms with Gasteiger partial charge in [-0.05, 0) is 20.3 Å². The first-order chi connectivity index (χ1) is 5.83. The van der Waals surface area contributed by atoms with Gasteiger partial charge >= 0.3 is 0 Å². The van der Waals surface area contributed by atoms with E-state index in [2.05, 4.69) is 0 Å². The van der Waals surface area contributed by atoms with E-state index in [1.165, 1.54) is 0 Å². The molecule has 0 spiro atoms. The van der Waals surface area contributed by atoms with Crippen LogP contribution in [0.5, 0.6) is 0 Å². The second kappa shape index (κ2) is 3.22. The molecule has 0 amide bonds. The Morgan fingerprint density at radius 1 is 1.62 bits per heavy atom. The first-order valence-corrected chi connectivity index (χ1v) is 6.08. The van der Waals surface area contributed by atoms with Crippen molar-refractivity contribution in [3.8, 4) is 0 Å². The van der Waals surface area contributed by atoms with Crippen molar-refractivity contribution in [3.63, 3.8) is 0 Å². The smallest absolute Gasteiger partial charge is 0.155 e. The summed E-state index contributed by atoms with van der Waals surface area (Å²) < 4.78 is 22.3. The highest BCUT2D eigenvalue weighted by molar-refractivity contribution is 7.93. The van der Waals surface area contributed by atoms with Crippen molar-refractivity contribution in [2.45, 2.75) is 31.1 Å². The largest absolute Gasteiger partial charge is 0.391 e. The number of rotatable bonds is 2. The van der Waals surface area contributed by atoms with Gasteiger partial charge in [0.1, 0.15) is 0 Å². The summed E-state index contributed by atoms with van der Waals surface area (Å²) in [5.41, 5.74) is 5.32. The topological polar surface area (TPSA) is 80.4 Å². The van der Waals surface area contributed by atoms with Crippen LogP contribution in [-0.2, 0) is 9.84 Å². The highest BCUT2D eigenvalue weighted by Gasteiger charge is 2.49. The first kappa shape index (κ1) is 10.9. The molecule has 78 valence electrons. The fourth-order valence-electron chi connectivity index (χ4n) is 1.94. The predicted molar refractivity (Wildman–Crippen MR) is 51.0 cm³/mol. The molecule has 0 aromatic rings. The molecule has 1 unspecified atom stereocenters. The van der Waals surface area contributed by atoms with E-state index in [9.17, 15) is 13.5 Å². The SMILES string of the molecule is CC1(C)C([C@@H](O)CN)CCS1(=O)=O. The van der Waals surface area contributed by atoms with E-state index in [0.717, 1.165) is 0 Å². The van der Waals surface area contributed by atoms with Gasteiger partial charge in [-0.15, -0.1) is 0 Å². The Morgan fingerprint density at radius 3 is 2.46 bits per heavy atom. The molecule has 0 saturated carbocycles. The van der Waals surface area contributed by atoms with Gasteiger partial charge in [-0.3, -0.25) is 0 Å². The number of sulfone groups is 1. The van der Waals surface area contributed by atoms with Crippen LogP contribution < -0.4 is 5.73 Å². The van der Waals surface area contributed by atoms with Gasteiger partial charge < -0.3 is 10.8 Å². The highest BCUT2D eigenvalue weighted by atomic mass is 32.2. The van der Waals surface area contributed by atoms with E-state index < -0.39 is 20.7 Å². The van der Waals surface area contributed by atoms with Crippen molar-refractivity contribution in [1.82, 2.24) is 0 Å². The maximum atomic E-state index is 11.6. The van der Waals surface area contributed by atoms with Crippen molar-refractivity contribution in [2.24, 2.45) is 11.7 Å². The monoisotopic (exact) mass is 207 g/mol. The summed E-state index contributed by atoms with van der Waals surface area (Å²) in [6, 6.07) is 0. The Labute approximate surface area is 79.0 Å². The van der Waals surface area contributed by atoms with Gasteiger partial charge in [-0.2, -0.15) is 0 Å². The van der Waals surface area contributed by atoms with Gasteiger partial charge in [0.05, 0.1) is 16.6 Å². The maximum absolute atomic E-state index is 11.6. The molecule has 0 aliphatic carbocycles. The van der Waals surface area contributed by atoms with Crippen LogP contribution in [0.2, 0.25) is 0 Å². The van der Waals surface area contributed by atoms with Crippen molar-refractivity contribution < 1.29 is 13.5 Å². The maximum Gasteiger partial charge on any atom is 0.155 e. The van der Waals surface area contributed by atoms with E-state index in [1.54, 1.807) is 13.8 Å². The molecule has 1 aliphatic heterocycles. The third kappa shape index (κ3) is 1.60. The number of hydrogen-bond donors (Lipinski definition) is 2. The van der Waals surface area contributed by atoms with Crippen molar-refractivity contribution in [2.75, 3.05) is 12.3 Å². The molecule has 5 heteroatoms. The molecule has 0 bridgehead atoms. The molecule has 1 saturated heterocycles. The Hall–Kier alpha value is -0.130. The molecule has 2 atom stereocenters. The van der Waals surface area contributed by atoms with Crippen LogP contribution in [0.1, 0.15) is 20.3 Å². The Balaban J connectivity index is 2.95. The van der Waals surface area contributed by atoms with Crippen LogP contribution in [0.15, 0.2) is 0 Å². The predicted octanol–water partition coefficient (Wildman–Crippen LogP) is -0.481. The average Bonchev–Trinajstić information content (AvgIpc) is 2.22. The van der Waals surface area contributed by atoms with E-state index in [0.29, 0.717) is 6.42 Å². The van der Waals surface area contributed by atoms with Gasteiger partial charge in [-0.1, -0.05) is 0 Å². The van der Waals surface area contributed by atoms with Gasteiger partial charge in [0.15, 0.2) is 9.84 Å². The van der Waals surface area contributed by atoms with Crippen molar-refractivity contribution >= 4 is 9.84 Å². The minimum atomic E-state index is -3.04. The molecule has 1 rings (SSSR count). The highest BCUT2D eigenvalue weighted by Crippen LogP contribution is 2.38. The lowest BCUT2D eigenvalue weighted by molar-refractivity contribution is 0.100. The first-order valence-electron chi connectivity index (χ1n) is 4.43. The number of hydrogen-bond acceptors (Lipinski definition) is 4. The van der Waals surface area contributed by atoms with Crippen LogP contribution in [0, 0.1) is 5.92 Å². The third-order valence-electron chi connectivity index (χ3n) is 3.10. The Bertz CT molecular complexity index is 284. The summed E-state index contributed by atoms with van der Waals surface area (Å²) in [5, 5.41) is 9.54. The third-order valence-corrected chi connectivity index (χ3v) is 5.78. The zero-order valence-corrected chi connectivity index (χ0v) is 8.84. The van der Waals surface area contributed by atoms with Crippen LogP contribution >= 0.6 is 0 Å². The van der Waals surface area contributed by atoms with Crippen LogP contribution in [0.4, 0.5) is 0 Å². The molecule has 1 aliphatic rings. The summed E-state index contributed by atoms with van der Waals surface area (Å²) in [7, 11) is -3.04. The zero-order valence-electron chi connectivity index (χ0n) is 8.03. The molecule has 3 N–H and O–H groups in total. The minimum Gasteiger partial charge on any atom is -0.391 e. The zero-order chi connectivity index (χ0) is 10.3. The summed E-state index contributed by atoms with van der Waals surface area (Å²) >= 11 is 0. The standard InChI is InChI=1S/C8H17NO3S/c1-8(2)6(7(10)5-9)3-4-13(8,11)12/h6-7,10H,3-5,9H2,1-2H3/t6?,7-/m0/s1. The minimum absolute atomic E-state index is 0.129. The summed E-state index contributed by atoms with van der Waals surface area (Å²) in [6.45, 7) is 3.46. The molecular weight excluding hydrogens is 190 g/mol. The Morgan fingerprint density at radius 2 is 2.15 bits per heavy atom. The molecule has 0 aromatic carbocycles. The fourth-order valence-corrected chi connectivity index (χ4v) is 3.77. The summed E-state index contributed by atoms with van der Waals surface area (Å²) in [6.07, 6.45) is -0.180. The quantitative estimate of drug-likeness (QED) is 0.641. The lowest BCUT2D eigenvalue weighted by Gasteiger charge is -2.28. The van der Waals surface area contributed by atoms with Gasteiger partial charge in [-0.25, -0.2) is 8.42 Å². The second-order valence-electron chi connectivity index (χ2n) is 4.12. The van der Waals surface area contributed by atoms with E-state index >= 15 is 0 Å². The molecule has 4 nitrogen and oxygen atoms in total. The second-order valence-corrected chi connectivity index (χ2v) is 6.81. The van der Waals surface area contributed by atoms with E-state index in [4.69, 9.17) is 5.73 Å². The molecule has 1 fully saturated rings. The van der Waals surface area contributed by atoms with Crippen LogP contribution in [-0.4, -0.2) is 36.7 Å². The molecule has 0 radical (unpaired) electrons. The lowest BCUT2D eigenvalue weighted by atomic mass is 9.87. The van der Waals surface area contributed by atoms with E-state index in [-0.39, 0.29) is 18.2 Å². The Kier molecular flexibility index (Phi) is 2.71. The molecular formula is C8H17NO3S. The average molecular weight is 207 g/mol. The van der Waals surface area contributed by atoms with Crippen molar-refractivity contribution in [3.05, 3.63) is 0 Å². The van der Waals surface area contributed by atoms with Crippen LogP contribution in [0.3, 0.4) is 0 Å². The number of nitrogens with two attached hydrogens (primary N) is 1. The van der Waals surface area contributed by atoms with E-state index in [1.807, 2.05) is 0 Å². The summed E-state index contributed by atoms with van der Waals surface area (Å²) in [4.78, 5) is 0. The van der Waals surface area contributed by atoms with Gasteiger partial charge in [0.25, 0.3) is 0 Å². The lowest BCUT2D eigenvalue weighted by Crippen LogP contribution is -2.42. The normalized spacial score (nSPS) is 33.1. The molecule has 0 aromatic heterocycles. The number of aliphatic hydroxyl groups excluding tert-OH is 1. The van der Waals surface area contributed by atoms with Crippen LogP contribution in [0.25, 0.3) is 0 Å². The molecule has 13 heavy (non-hydrogen) atoms. The van der Waals surface area contributed by atoms with Crippen molar-refractivity contribution in [1.29, 1.82) is 0 Å². The molecule has 1 heterocycles.